The van der Waals surface area contributed by atoms with Gasteiger partial charge in [0.15, 0.2) is 6.54 Å². The lowest BCUT2D eigenvalue weighted by molar-refractivity contribution is -0.681. The zero-order chi connectivity index (χ0) is 10.8. The molecule has 0 saturated heterocycles. The summed E-state index contributed by atoms with van der Waals surface area (Å²) in [4.78, 5) is 10.5. The molecule has 0 atom stereocenters. The molecule has 0 bridgehead atoms. The van der Waals surface area contributed by atoms with E-state index in [1.165, 1.54) is 0 Å². The average Bonchev–Trinajstić information content (AvgIpc) is 2.50. The Morgan fingerprint density at radius 2 is 2.20 bits per heavy atom. The predicted molar refractivity (Wildman–Crippen MR) is 53.4 cm³/mol. The number of aliphatic carboxylic acids is 1. The van der Waals surface area contributed by atoms with Gasteiger partial charge in [-0.05, 0) is 6.07 Å². The van der Waals surface area contributed by atoms with Crippen LogP contribution >= 0.6 is 0 Å². The molecular formula is C11H12NO3+. The Labute approximate surface area is 86.8 Å². The lowest BCUT2D eigenvalue weighted by Gasteiger charge is -1.91. The molecule has 1 heterocycles. The van der Waals surface area contributed by atoms with Gasteiger partial charge in [0.25, 0.3) is 5.52 Å². The van der Waals surface area contributed by atoms with Crippen molar-refractivity contribution in [3.8, 4) is 0 Å². The van der Waals surface area contributed by atoms with E-state index in [9.17, 15) is 4.79 Å². The van der Waals surface area contributed by atoms with E-state index in [-0.39, 0.29) is 6.42 Å². The van der Waals surface area contributed by atoms with Crippen molar-refractivity contribution in [2.75, 3.05) is 0 Å². The summed E-state index contributed by atoms with van der Waals surface area (Å²) < 4.78 is 7.38. The Kier molecular flexibility index (Phi) is 2.41. The third-order valence-electron chi connectivity index (χ3n) is 2.34. The molecule has 1 aromatic carbocycles. The molecule has 0 saturated carbocycles. The van der Waals surface area contributed by atoms with Gasteiger partial charge < -0.3 is 9.52 Å². The molecule has 0 aliphatic rings. The average molecular weight is 206 g/mol. The number of benzene rings is 1. The molecule has 2 aromatic rings. The maximum atomic E-state index is 10.5. The Hall–Kier alpha value is -1.84. The summed E-state index contributed by atoms with van der Waals surface area (Å²) in [6, 6.07) is 7.61. The van der Waals surface area contributed by atoms with Gasteiger partial charge in [-0.3, -0.25) is 4.79 Å². The SMILES string of the molecule is Cc1oc2ccccc2[n+]1CCC(=O)O. The van der Waals surface area contributed by atoms with E-state index in [1.54, 1.807) is 0 Å². The largest absolute Gasteiger partial charge is 0.481 e. The van der Waals surface area contributed by atoms with Crippen molar-refractivity contribution in [2.45, 2.75) is 19.9 Å². The zero-order valence-electron chi connectivity index (χ0n) is 8.43. The highest BCUT2D eigenvalue weighted by molar-refractivity contribution is 5.69. The molecule has 1 aromatic heterocycles. The van der Waals surface area contributed by atoms with Gasteiger partial charge in [-0.15, -0.1) is 0 Å². The van der Waals surface area contributed by atoms with Crippen LogP contribution in [0.2, 0.25) is 0 Å². The normalized spacial score (nSPS) is 10.7. The molecule has 0 aliphatic heterocycles. The first-order valence-corrected chi connectivity index (χ1v) is 4.78. The van der Waals surface area contributed by atoms with Crippen LogP contribution in [0.15, 0.2) is 28.7 Å². The van der Waals surface area contributed by atoms with Gasteiger partial charge in [-0.25, -0.2) is 0 Å². The molecule has 0 amide bonds. The van der Waals surface area contributed by atoms with Crippen LogP contribution in [0.5, 0.6) is 0 Å². The molecule has 1 N–H and O–H groups in total. The van der Waals surface area contributed by atoms with Gasteiger partial charge in [-0.2, -0.15) is 4.57 Å². The van der Waals surface area contributed by atoms with Crippen LogP contribution < -0.4 is 4.57 Å². The van der Waals surface area contributed by atoms with Gasteiger partial charge in [-0.1, -0.05) is 12.1 Å². The van der Waals surface area contributed by atoms with E-state index in [4.69, 9.17) is 9.52 Å². The van der Waals surface area contributed by atoms with Gasteiger partial charge >= 0.3 is 11.9 Å². The van der Waals surface area contributed by atoms with Crippen LogP contribution in [0.3, 0.4) is 0 Å². The van der Waals surface area contributed by atoms with Gasteiger partial charge in [0, 0.05) is 6.07 Å². The first-order chi connectivity index (χ1) is 7.18. The summed E-state index contributed by atoms with van der Waals surface area (Å²) in [5.41, 5.74) is 1.73. The molecule has 0 spiro atoms. The lowest BCUT2D eigenvalue weighted by atomic mass is 10.3. The van der Waals surface area contributed by atoms with E-state index in [1.807, 2.05) is 35.8 Å². The number of carboxylic acid groups (broad SMARTS) is 1. The lowest BCUT2D eigenvalue weighted by Crippen LogP contribution is -2.36. The van der Waals surface area contributed by atoms with E-state index in [0.717, 1.165) is 17.0 Å². The predicted octanol–water partition coefficient (Wildman–Crippen LogP) is 1.50. The number of para-hydroxylation sites is 2. The van der Waals surface area contributed by atoms with Crippen molar-refractivity contribution in [1.82, 2.24) is 0 Å². The van der Waals surface area contributed by atoms with Crippen molar-refractivity contribution in [2.24, 2.45) is 0 Å². The number of rotatable bonds is 3. The van der Waals surface area contributed by atoms with Gasteiger partial charge in [0.1, 0.15) is 6.42 Å². The number of nitrogens with zero attached hydrogens (tertiary/aromatic N) is 1. The summed E-state index contributed by atoms with van der Waals surface area (Å²) in [6.45, 7) is 2.28. The number of aromatic nitrogens is 1. The number of hydrogen-bond acceptors (Lipinski definition) is 2. The van der Waals surface area contributed by atoms with E-state index in [2.05, 4.69) is 0 Å². The molecule has 2 rings (SSSR count). The number of oxazole rings is 1. The second-order valence-corrected chi connectivity index (χ2v) is 3.38. The highest BCUT2D eigenvalue weighted by Crippen LogP contribution is 2.12. The quantitative estimate of drug-likeness (QED) is 0.774. The van der Waals surface area contributed by atoms with Crippen LogP contribution in [0, 0.1) is 6.92 Å². The Morgan fingerprint density at radius 3 is 2.93 bits per heavy atom. The number of hydrogen-bond donors (Lipinski definition) is 1. The minimum Gasteiger partial charge on any atom is -0.481 e. The number of carboxylic acids is 1. The molecule has 4 heteroatoms. The maximum Gasteiger partial charge on any atom is 0.344 e. The van der Waals surface area contributed by atoms with Gasteiger partial charge in [0.05, 0.1) is 6.92 Å². The van der Waals surface area contributed by atoms with E-state index < -0.39 is 5.97 Å². The zero-order valence-corrected chi connectivity index (χ0v) is 8.43. The summed E-state index contributed by atoms with van der Waals surface area (Å²) in [7, 11) is 0. The molecule has 78 valence electrons. The Bertz CT molecular complexity index is 502. The molecule has 0 fully saturated rings. The van der Waals surface area contributed by atoms with E-state index in [0.29, 0.717) is 6.54 Å². The molecule has 15 heavy (non-hydrogen) atoms. The fourth-order valence-corrected chi connectivity index (χ4v) is 1.64. The third-order valence-corrected chi connectivity index (χ3v) is 2.34. The second-order valence-electron chi connectivity index (χ2n) is 3.38. The first kappa shape index (κ1) is 9.71. The van der Waals surface area contributed by atoms with E-state index >= 15 is 0 Å². The van der Waals surface area contributed by atoms with Gasteiger partial charge in [0.2, 0.25) is 5.58 Å². The fourth-order valence-electron chi connectivity index (χ4n) is 1.64. The van der Waals surface area contributed by atoms with Crippen molar-refractivity contribution < 1.29 is 18.9 Å². The molecule has 0 aliphatic carbocycles. The van der Waals surface area contributed by atoms with Crippen molar-refractivity contribution >= 4 is 17.1 Å². The highest BCUT2D eigenvalue weighted by Gasteiger charge is 2.18. The standard InChI is InChI=1S/C11H11NO3/c1-8-12(7-6-11(13)14)9-4-2-3-5-10(9)15-8/h2-5H,6-7H2,1H3/p+1. The smallest absolute Gasteiger partial charge is 0.344 e. The molecule has 4 nitrogen and oxygen atoms in total. The van der Waals surface area contributed by atoms with Crippen LogP contribution in [0.25, 0.3) is 11.1 Å². The summed E-state index contributed by atoms with van der Waals surface area (Å²) >= 11 is 0. The second kappa shape index (κ2) is 3.73. The van der Waals surface area contributed by atoms with Crippen LogP contribution in [-0.2, 0) is 11.3 Å². The van der Waals surface area contributed by atoms with Crippen LogP contribution in [0.1, 0.15) is 12.3 Å². The Balaban J connectivity index is 2.40. The molecule has 0 radical (unpaired) electrons. The minimum absolute atomic E-state index is 0.106. The first-order valence-electron chi connectivity index (χ1n) is 4.78. The number of carbonyl (C=O) groups is 1. The topological polar surface area (TPSA) is 54.3 Å². The van der Waals surface area contributed by atoms with Crippen LogP contribution in [-0.4, -0.2) is 11.1 Å². The van der Waals surface area contributed by atoms with Crippen molar-refractivity contribution in [3.63, 3.8) is 0 Å². The number of aryl methyl sites for hydroxylation is 2. The monoisotopic (exact) mass is 206 g/mol. The fraction of sp³-hybridized carbons (Fsp3) is 0.273. The minimum atomic E-state index is -0.799. The maximum absolute atomic E-state index is 10.5. The number of fused-ring (bicyclic) bond motifs is 1. The summed E-state index contributed by atoms with van der Waals surface area (Å²) in [5.74, 6) is -0.0652. The van der Waals surface area contributed by atoms with Crippen molar-refractivity contribution in [3.05, 3.63) is 30.2 Å². The highest BCUT2D eigenvalue weighted by atomic mass is 16.4. The summed E-state index contributed by atoms with van der Waals surface area (Å²) in [6.07, 6.45) is 0.106. The molecular weight excluding hydrogens is 194 g/mol. The molecule has 0 unspecified atom stereocenters. The third kappa shape index (κ3) is 1.83. The van der Waals surface area contributed by atoms with Crippen LogP contribution in [0.4, 0.5) is 0 Å². The summed E-state index contributed by atoms with van der Waals surface area (Å²) in [5, 5.41) is 8.63. The van der Waals surface area contributed by atoms with Crippen molar-refractivity contribution in [1.29, 1.82) is 0 Å². The Morgan fingerprint density at radius 1 is 1.47 bits per heavy atom.